The van der Waals surface area contributed by atoms with Gasteiger partial charge in [0.2, 0.25) is 0 Å². The van der Waals surface area contributed by atoms with E-state index in [2.05, 4.69) is 5.32 Å². The summed E-state index contributed by atoms with van der Waals surface area (Å²) in [6.07, 6.45) is 0. The van der Waals surface area contributed by atoms with Gasteiger partial charge in [-0.3, -0.25) is 0 Å². The number of hydrogen-bond donors (Lipinski definition) is 1. The molecule has 1 N–H and O–H groups in total. The molecule has 0 atom stereocenters. The summed E-state index contributed by atoms with van der Waals surface area (Å²) in [4.78, 5) is 0. The van der Waals surface area contributed by atoms with Crippen LogP contribution in [0.1, 0.15) is 6.92 Å². The number of halogens is 2. The van der Waals surface area contributed by atoms with Crippen LogP contribution in [0.2, 0.25) is 0 Å². The highest BCUT2D eigenvalue weighted by atomic mass is 19.2. The quantitative estimate of drug-likeness (QED) is 0.786. The summed E-state index contributed by atoms with van der Waals surface area (Å²) in [5.74, 6) is -0.465. The SMILES string of the molecule is CCOc1ccccc1OCCNc1cccc(F)c1F. The van der Waals surface area contributed by atoms with Gasteiger partial charge in [0, 0.05) is 6.54 Å². The van der Waals surface area contributed by atoms with Crippen LogP contribution in [0, 0.1) is 11.6 Å². The van der Waals surface area contributed by atoms with Crippen molar-refractivity contribution in [1.82, 2.24) is 0 Å². The Bertz CT molecular complexity index is 590. The molecule has 5 heteroatoms. The van der Waals surface area contributed by atoms with Gasteiger partial charge in [0.25, 0.3) is 0 Å². The number of benzene rings is 2. The Kier molecular flexibility index (Phi) is 5.37. The minimum absolute atomic E-state index is 0.122. The molecule has 0 saturated heterocycles. The smallest absolute Gasteiger partial charge is 0.181 e. The van der Waals surface area contributed by atoms with E-state index in [1.807, 2.05) is 25.1 Å². The van der Waals surface area contributed by atoms with Gasteiger partial charge < -0.3 is 14.8 Å². The molecule has 2 rings (SSSR count). The Hall–Kier alpha value is -2.30. The first-order valence-electron chi connectivity index (χ1n) is 6.75. The molecule has 3 nitrogen and oxygen atoms in total. The third-order valence-electron chi connectivity index (χ3n) is 2.78. The lowest BCUT2D eigenvalue weighted by Gasteiger charge is -2.12. The third kappa shape index (κ3) is 4.08. The zero-order valence-electron chi connectivity index (χ0n) is 11.7. The van der Waals surface area contributed by atoms with Gasteiger partial charge in [-0.1, -0.05) is 18.2 Å². The van der Waals surface area contributed by atoms with Crippen molar-refractivity contribution in [3.05, 3.63) is 54.1 Å². The molecule has 0 aromatic heterocycles. The van der Waals surface area contributed by atoms with Crippen molar-refractivity contribution < 1.29 is 18.3 Å². The van der Waals surface area contributed by atoms with E-state index in [4.69, 9.17) is 9.47 Å². The molecular formula is C16H17F2NO2. The van der Waals surface area contributed by atoms with E-state index in [0.29, 0.717) is 31.3 Å². The molecule has 0 radical (unpaired) electrons. The van der Waals surface area contributed by atoms with Crippen LogP contribution in [-0.2, 0) is 0 Å². The van der Waals surface area contributed by atoms with Crippen molar-refractivity contribution >= 4 is 5.69 Å². The van der Waals surface area contributed by atoms with Crippen molar-refractivity contribution in [2.75, 3.05) is 25.1 Å². The Balaban J connectivity index is 1.86. The van der Waals surface area contributed by atoms with E-state index < -0.39 is 11.6 Å². The molecule has 0 fully saturated rings. The molecule has 21 heavy (non-hydrogen) atoms. The van der Waals surface area contributed by atoms with E-state index in [-0.39, 0.29) is 5.69 Å². The summed E-state index contributed by atoms with van der Waals surface area (Å²) in [7, 11) is 0. The van der Waals surface area contributed by atoms with Gasteiger partial charge >= 0.3 is 0 Å². The summed E-state index contributed by atoms with van der Waals surface area (Å²) in [5, 5.41) is 2.79. The Morgan fingerprint density at radius 2 is 1.67 bits per heavy atom. The first-order chi connectivity index (χ1) is 10.2. The fourth-order valence-electron chi connectivity index (χ4n) is 1.83. The lowest BCUT2D eigenvalue weighted by molar-refractivity contribution is 0.284. The predicted octanol–water partition coefficient (Wildman–Crippen LogP) is 3.85. The van der Waals surface area contributed by atoms with Crippen molar-refractivity contribution in [1.29, 1.82) is 0 Å². The van der Waals surface area contributed by atoms with Crippen LogP contribution < -0.4 is 14.8 Å². The van der Waals surface area contributed by atoms with Crippen molar-refractivity contribution in [3.8, 4) is 11.5 Å². The molecule has 0 bridgehead atoms. The van der Waals surface area contributed by atoms with Crippen molar-refractivity contribution in [2.45, 2.75) is 6.92 Å². The average Bonchev–Trinajstić information content (AvgIpc) is 2.49. The molecule has 0 saturated carbocycles. The fourth-order valence-corrected chi connectivity index (χ4v) is 1.83. The highest BCUT2D eigenvalue weighted by Gasteiger charge is 2.07. The van der Waals surface area contributed by atoms with Gasteiger partial charge in [-0.15, -0.1) is 0 Å². The summed E-state index contributed by atoms with van der Waals surface area (Å²) in [6.45, 7) is 3.10. The molecule has 0 aliphatic carbocycles. The highest BCUT2D eigenvalue weighted by molar-refractivity contribution is 5.45. The Morgan fingerprint density at radius 1 is 0.952 bits per heavy atom. The molecule has 0 unspecified atom stereocenters. The van der Waals surface area contributed by atoms with Crippen LogP contribution in [0.25, 0.3) is 0 Å². The molecule has 0 heterocycles. The summed E-state index contributed by atoms with van der Waals surface area (Å²) in [6, 6.07) is 11.3. The number of anilines is 1. The van der Waals surface area contributed by atoms with Gasteiger partial charge in [0.1, 0.15) is 6.61 Å². The largest absolute Gasteiger partial charge is 0.490 e. The van der Waals surface area contributed by atoms with Crippen LogP contribution in [0.15, 0.2) is 42.5 Å². The third-order valence-corrected chi connectivity index (χ3v) is 2.78. The maximum absolute atomic E-state index is 13.4. The molecular weight excluding hydrogens is 276 g/mol. The Labute approximate surface area is 122 Å². The van der Waals surface area contributed by atoms with Crippen LogP contribution >= 0.6 is 0 Å². The van der Waals surface area contributed by atoms with Gasteiger partial charge in [-0.05, 0) is 31.2 Å². The molecule has 2 aromatic rings. The highest BCUT2D eigenvalue weighted by Crippen LogP contribution is 2.26. The first kappa shape index (κ1) is 15.1. The van der Waals surface area contributed by atoms with Gasteiger partial charge in [0.05, 0.1) is 12.3 Å². The van der Waals surface area contributed by atoms with E-state index in [0.717, 1.165) is 6.07 Å². The molecule has 0 aliphatic heterocycles. The fraction of sp³-hybridized carbons (Fsp3) is 0.250. The maximum atomic E-state index is 13.4. The zero-order chi connectivity index (χ0) is 15.1. The van der Waals surface area contributed by atoms with Crippen LogP contribution in [0.4, 0.5) is 14.5 Å². The summed E-state index contributed by atoms with van der Waals surface area (Å²) < 4.78 is 37.5. The van der Waals surface area contributed by atoms with Crippen LogP contribution in [0.5, 0.6) is 11.5 Å². The normalized spacial score (nSPS) is 10.2. The lowest BCUT2D eigenvalue weighted by Crippen LogP contribution is -2.13. The maximum Gasteiger partial charge on any atom is 0.181 e. The van der Waals surface area contributed by atoms with E-state index in [9.17, 15) is 8.78 Å². The van der Waals surface area contributed by atoms with Gasteiger partial charge in [-0.2, -0.15) is 0 Å². The second-order valence-corrected chi connectivity index (χ2v) is 4.26. The lowest BCUT2D eigenvalue weighted by atomic mass is 10.3. The van der Waals surface area contributed by atoms with Gasteiger partial charge in [-0.25, -0.2) is 8.78 Å². The molecule has 0 spiro atoms. The monoisotopic (exact) mass is 293 g/mol. The van der Waals surface area contributed by atoms with Crippen LogP contribution in [0.3, 0.4) is 0 Å². The second kappa shape index (κ2) is 7.47. The average molecular weight is 293 g/mol. The van der Waals surface area contributed by atoms with Gasteiger partial charge in [0.15, 0.2) is 23.1 Å². The standard InChI is InChI=1S/C16H17F2NO2/c1-2-20-14-8-3-4-9-15(14)21-11-10-19-13-7-5-6-12(17)16(13)18/h3-9,19H,2,10-11H2,1H3. The summed E-state index contributed by atoms with van der Waals surface area (Å²) in [5.41, 5.74) is 0.122. The molecule has 0 aliphatic rings. The molecule has 2 aromatic carbocycles. The predicted molar refractivity (Wildman–Crippen MR) is 78.0 cm³/mol. The van der Waals surface area contributed by atoms with E-state index in [1.54, 1.807) is 6.07 Å². The Morgan fingerprint density at radius 3 is 2.38 bits per heavy atom. The molecule has 112 valence electrons. The van der Waals surface area contributed by atoms with Crippen LogP contribution in [-0.4, -0.2) is 19.8 Å². The topological polar surface area (TPSA) is 30.5 Å². The minimum atomic E-state index is -0.882. The number of rotatable bonds is 7. The molecule has 0 amide bonds. The minimum Gasteiger partial charge on any atom is -0.490 e. The number of para-hydroxylation sites is 2. The second-order valence-electron chi connectivity index (χ2n) is 4.26. The van der Waals surface area contributed by atoms with Crippen molar-refractivity contribution in [2.24, 2.45) is 0 Å². The zero-order valence-corrected chi connectivity index (χ0v) is 11.7. The number of hydrogen-bond acceptors (Lipinski definition) is 3. The van der Waals surface area contributed by atoms with E-state index >= 15 is 0 Å². The number of ether oxygens (including phenoxy) is 2. The first-order valence-corrected chi connectivity index (χ1v) is 6.75. The van der Waals surface area contributed by atoms with E-state index in [1.165, 1.54) is 12.1 Å². The number of nitrogens with one attached hydrogen (secondary N) is 1. The van der Waals surface area contributed by atoms with Crippen molar-refractivity contribution in [3.63, 3.8) is 0 Å². The summed E-state index contributed by atoms with van der Waals surface area (Å²) >= 11 is 0.